The summed E-state index contributed by atoms with van der Waals surface area (Å²) in [6.07, 6.45) is 3.34. The van der Waals surface area contributed by atoms with Crippen LogP contribution in [-0.4, -0.2) is 12.3 Å². The molecule has 0 atom stereocenters. The maximum atomic E-state index is 5.61. The van der Waals surface area contributed by atoms with E-state index >= 15 is 0 Å². The maximum absolute atomic E-state index is 5.61. The van der Waals surface area contributed by atoms with Crippen molar-refractivity contribution in [2.24, 2.45) is 10.7 Å². The molecule has 0 aliphatic rings. The van der Waals surface area contributed by atoms with Crippen LogP contribution in [0.3, 0.4) is 0 Å². The van der Waals surface area contributed by atoms with Gasteiger partial charge >= 0.3 is 0 Å². The zero-order valence-corrected chi connectivity index (χ0v) is 11.1. The van der Waals surface area contributed by atoms with Gasteiger partial charge in [0.1, 0.15) is 0 Å². The highest BCUT2D eigenvalue weighted by atomic mass is 14.7. The van der Waals surface area contributed by atoms with Gasteiger partial charge in [0.25, 0.3) is 0 Å². The second-order valence-electron chi connectivity index (χ2n) is 3.62. The Kier molecular flexibility index (Phi) is 7.52. The molecule has 1 aromatic rings. The molecule has 3 nitrogen and oxygen atoms in total. The van der Waals surface area contributed by atoms with Crippen molar-refractivity contribution in [3.8, 4) is 0 Å². The lowest BCUT2D eigenvalue weighted by Gasteiger charge is -2.02. The molecule has 0 unspecified atom stereocenters. The van der Waals surface area contributed by atoms with Crippen molar-refractivity contribution in [2.45, 2.75) is 33.7 Å². The number of aliphatic imine (C=N–C) groups is 1. The predicted octanol–water partition coefficient (Wildman–Crippen LogP) is 3.07. The van der Waals surface area contributed by atoms with Crippen molar-refractivity contribution in [3.63, 3.8) is 0 Å². The van der Waals surface area contributed by atoms with E-state index in [1.165, 1.54) is 0 Å². The van der Waals surface area contributed by atoms with E-state index in [9.17, 15) is 0 Å². The molecule has 0 bridgehead atoms. The second-order valence-corrected chi connectivity index (χ2v) is 3.62. The van der Waals surface area contributed by atoms with Gasteiger partial charge in [-0.15, -0.1) is 0 Å². The fourth-order valence-corrected chi connectivity index (χ4v) is 1.12. The number of allylic oxidation sites excluding steroid dienone is 1. The van der Waals surface area contributed by atoms with Crippen molar-refractivity contribution in [2.75, 3.05) is 5.73 Å². The Labute approximate surface area is 104 Å². The lowest BCUT2D eigenvalue weighted by molar-refractivity contribution is 0.842. The van der Waals surface area contributed by atoms with E-state index in [0.717, 1.165) is 16.8 Å². The molecule has 0 radical (unpaired) electrons. The zero-order valence-electron chi connectivity index (χ0n) is 11.1. The molecule has 1 rings (SSSR count). The monoisotopic (exact) mass is 233 g/mol. The van der Waals surface area contributed by atoms with Crippen LogP contribution in [0.2, 0.25) is 0 Å². The van der Waals surface area contributed by atoms with Crippen LogP contribution >= 0.6 is 0 Å². The highest BCUT2D eigenvalue weighted by Crippen LogP contribution is 2.13. The van der Waals surface area contributed by atoms with Crippen molar-refractivity contribution in [1.82, 2.24) is 0 Å². The summed E-state index contributed by atoms with van der Waals surface area (Å²) in [7, 11) is 0. The first-order chi connectivity index (χ1) is 8.13. The minimum atomic E-state index is 0.272. The Balaban J connectivity index is 0.00000121. The SMILES string of the molecule is CC.CC(C)N=C/C(=C\N)c1ccc(N)cc1. The highest BCUT2D eigenvalue weighted by molar-refractivity contribution is 6.09. The van der Waals surface area contributed by atoms with Gasteiger partial charge in [-0.1, -0.05) is 26.0 Å². The Morgan fingerprint density at radius 1 is 1.18 bits per heavy atom. The molecule has 0 spiro atoms. The Morgan fingerprint density at radius 3 is 2.12 bits per heavy atom. The number of rotatable bonds is 3. The maximum Gasteiger partial charge on any atom is 0.0443 e. The molecular formula is C14H23N3. The third-order valence-corrected chi connectivity index (χ3v) is 1.94. The van der Waals surface area contributed by atoms with Crippen LogP contribution < -0.4 is 11.5 Å². The molecule has 0 saturated heterocycles. The summed E-state index contributed by atoms with van der Waals surface area (Å²) in [5.74, 6) is 0. The molecule has 0 aliphatic heterocycles. The number of nitrogen functional groups attached to an aromatic ring is 1. The van der Waals surface area contributed by atoms with Crippen LogP contribution in [0.25, 0.3) is 5.57 Å². The number of anilines is 1. The zero-order chi connectivity index (χ0) is 13.3. The van der Waals surface area contributed by atoms with Gasteiger partial charge in [-0.25, -0.2) is 0 Å². The fraction of sp³-hybridized carbons (Fsp3) is 0.357. The molecule has 3 heteroatoms. The lowest BCUT2D eigenvalue weighted by Crippen LogP contribution is -1.95. The van der Waals surface area contributed by atoms with Crippen LogP contribution in [0, 0.1) is 0 Å². The predicted molar refractivity (Wildman–Crippen MR) is 78.0 cm³/mol. The Morgan fingerprint density at radius 2 is 1.71 bits per heavy atom. The van der Waals surface area contributed by atoms with Crippen LogP contribution in [0.1, 0.15) is 33.3 Å². The number of hydrogen-bond acceptors (Lipinski definition) is 3. The summed E-state index contributed by atoms with van der Waals surface area (Å²) in [4.78, 5) is 4.29. The average molecular weight is 233 g/mol. The fourth-order valence-electron chi connectivity index (χ4n) is 1.12. The second kappa shape index (κ2) is 8.39. The van der Waals surface area contributed by atoms with Gasteiger partial charge in [0.05, 0.1) is 0 Å². The van der Waals surface area contributed by atoms with Gasteiger partial charge in [0.2, 0.25) is 0 Å². The first-order valence-electron chi connectivity index (χ1n) is 5.94. The van der Waals surface area contributed by atoms with Crippen molar-refractivity contribution < 1.29 is 0 Å². The molecule has 0 aromatic heterocycles. The smallest absolute Gasteiger partial charge is 0.0443 e. The molecule has 0 fully saturated rings. The molecule has 17 heavy (non-hydrogen) atoms. The molecule has 1 aromatic carbocycles. The van der Waals surface area contributed by atoms with E-state index in [1.54, 1.807) is 12.4 Å². The van der Waals surface area contributed by atoms with E-state index in [2.05, 4.69) is 4.99 Å². The summed E-state index contributed by atoms with van der Waals surface area (Å²) in [5, 5.41) is 0. The Hall–Kier alpha value is -1.77. The molecule has 0 saturated carbocycles. The first kappa shape index (κ1) is 15.2. The minimum absolute atomic E-state index is 0.272. The lowest BCUT2D eigenvalue weighted by atomic mass is 10.1. The number of nitrogens with two attached hydrogens (primary N) is 2. The van der Waals surface area contributed by atoms with E-state index in [4.69, 9.17) is 11.5 Å². The number of nitrogens with zero attached hydrogens (tertiary/aromatic N) is 1. The molecule has 0 heterocycles. The van der Waals surface area contributed by atoms with E-state index in [1.807, 2.05) is 52.0 Å². The van der Waals surface area contributed by atoms with Crippen molar-refractivity contribution in [1.29, 1.82) is 0 Å². The van der Waals surface area contributed by atoms with E-state index < -0.39 is 0 Å². The van der Waals surface area contributed by atoms with Gasteiger partial charge in [-0.2, -0.15) is 0 Å². The standard InChI is InChI=1S/C12H17N3.C2H6/c1-9(2)15-8-11(7-13)10-3-5-12(14)6-4-10;1-2/h3-9H,13-14H2,1-2H3;1-2H3/b11-7+,15-8?;. The van der Waals surface area contributed by atoms with Crippen LogP contribution in [0.5, 0.6) is 0 Å². The van der Waals surface area contributed by atoms with Crippen LogP contribution in [0.15, 0.2) is 35.5 Å². The number of benzene rings is 1. The summed E-state index contributed by atoms with van der Waals surface area (Å²) >= 11 is 0. The van der Waals surface area contributed by atoms with Gasteiger partial charge in [0.15, 0.2) is 0 Å². The molecule has 0 amide bonds. The molecular weight excluding hydrogens is 210 g/mol. The van der Waals surface area contributed by atoms with Gasteiger partial charge in [0, 0.05) is 29.7 Å². The summed E-state index contributed by atoms with van der Waals surface area (Å²) < 4.78 is 0. The molecule has 0 aliphatic carbocycles. The van der Waals surface area contributed by atoms with E-state index in [0.29, 0.717) is 0 Å². The summed E-state index contributed by atoms with van der Waals surface area (Å²) in [6.45, 7) is 8.04. The number of hydrogen-bond donors (Lipinski definition) is 2. The molecule has 4 N–H and O–H groups in total. The normalized spacial score (nSPS) is 11.5. The quantitative estimate of drug-likeness (QED) is 0.622. The topological polar surface area (TPSA) is 64.4 Å². The van der Waals surface area contributed by atoms with Crippen molar-refractivity contribution >= 4 is 17.5 Å². The van der Waals surface area contributed by atoms with Gasteiger partial charge < -0.3 is 11.5 Å². The molecule has 94 valence electrons. The Bertz CT molecular complexity index is 362. The summed E-state index contributed by atoms with van der Waals surface area (Å²) in [5.41, 5.74) is 13.8. The summed E-state index contributed by atoms with van der Waals surface area (Å²) in [6, 6.07) is 7.83. The minimum Gasteiger partial charge on any atom is -0.404 e. The first-order valence-corrected chi connectivity index (χ1v) is 5.94. The van der Waals surface area contributed by atoms with Gasteiger partial charge in [-0.05, 0) is 31.5 Å². The largest absolute Gasteiger partial charge is 0.404 e. The van der Waals surface area contributed by atoms with E-state index in [-0.39, 0.29) is 6.04 Å². The van der Waals surface area contributed by atoms with Gasteiger partial charge in [-0.3, -0.25) is 4.99 Å². The third-order valence-electron chi connectivity index (χ3n) is 1.94. The van der Waals surface area contributed by atoms with Crippen LogP contribution in [-0.2, 0) is 0 Å². The highest BCUT2D eigenvalue weighted by Gasteiger charge is 1.97. The third kappa shape index (κ3) is 5.76. The average Bonchev–Trinajstić information content (AvgIpc) is 2.34. The van der Waals surface area contributed by atoms with Crippen LogP contribution in [0.4, 0.5) is 5.69 Å². The van der Waals surface area contributed by atoms with Crippen molar-refractivity contribution in [3.05, 3.63) is 36.0 Å².